The van der Waals surface area contributed by atoms with Crippen LogP contribution in [0.2, 0.25) is 5.02 Å². The minimum absolute atomic E-state index is 0.128. The molecule has 0 aliphatic carbocycles. The minimum atomic E-state index is -0.450. The number of hydrogen-bond acceptors (Lipinski definition) is 3. The molecule has 0 atom stereocenters. The Morgan fingerprint density at radius 3 is 2.86 bits per heavy atom. The topological polar surface area (TPSA) is 29.1 Å². The first-order valence-electron chi connectivity index (χ1n) is 6.11. The molecule has 0 radical (unpaired) electrons. The van der Waals surface area contributed by atoms with Gasteiger partial charge in [-0.2, -0.15) is 11.8 Å². The molecule has 0 unspecified atom stereocenters. The second kappa shape index (κ2) is 8.17. The molecule has 0 spiro atoms. The number of carbonyl (C=O) groups excluding carboxylic acids is 1. The average Bonchev–Trinajstić information content (AvgIpc) is 2.84. The van der Waals surface area contributed by atoms with Crippen LogP contribution < -0.4 is 5.32 Å². The summed E-state index contributed by atoms with van der Waals surface area (Å²) in [6.07, 6.45) is 0. The number of carbonyl (C=O) groups is 1. The molecule has 0 fully saturated rings. The van der Waals surface area contributed by atoms with Gasteiger partial charge in [-0.15, -0.1) is 11.3 Å². The molecule has 21 heavy (non-hydrogen) atoms. The third-order valence-electron chi connectivity index (χ3n) is 2.58. The standard InChI is InChI=1S/C14H12BrClFNOS2/c15-13-4-2-10(21-13)8-20-6-5-18-14(19)11-3-1-9(17)7-12(11)16/h1-4,7H,5-6,8H2,(H,18,19). The molecule has 112 valence electrons. The second-order valence-corrected chi connectivity index (χ2v) is 8.20. The lowest BCUT2D eigenvalue weighted by molar-refractivity contribution is 0.0956. The summed E-state index contributed by atoms with van der Waals surface area (Å²) in [6, 6.07) is 7.87. The highest BCUT2D eigenvalue weighted by atomic mass is 79.9. The monoisotopic (exact) mass is 407 g/mol. The number of thiophene rings is 1. The van der Waals surface area contributed by atoms with E-state index >= 15 is 0 Å². The first-order chi connectivity index (χ1) is 10.1. The zero-order chi connectivity index (χ0) is 15.2. The van der Waals surface area contributed by atoms with E-state index in [-0.39, 0.29) is 10.9 Å². The molecule has 1 aromatic heterocycles. The first kappa shape index (κ1) is 16.8. The van der Waals surface area contributed by atoms with Crippen LogP contribution in [0.15, 0.2) is 34.1 Å². The van der Waals surface area contributed by atoms with Crippen molar-refractivity contribution in [2.45, 2.75) is 5.75 Å². The van der Waals surface area contributed by atoms with Gasteiger partial charge in [0.05, 0.1) is 14.4 Å². The molecule has 1 heterocycles. The summed E-state index contributed by atoms with van der Waals surface area (Å²) in [7, 11) is 0. The molecule has 1 aromatic carbocycles. The van der Waals surface area contributed by atoms with E-state index in [1.165, 1.54) is 17.0 Å². The van der Waals surface area contributed by atoms with Gasteiger partial charge in [-0.05, 0) is 46.3 Å². The van der Waals surface area contributed by atoms with Gasteiger partial charge in [0.2, 0.25) is 0 Å². The maximum absolute atomic E-state index is 12.9. The lowest BCUT2D eigenvalue weighted by Gasteiger charge is -2.06. The van der Waals surface area contributed by atoms with Gasteiger partial charge < -0.3 is 5.32 Å². The Kier molecular flexibility index (Phi) is 6.54. The Morgan fingerprint density at radius 1 is 1.38 bits per heavy atom. The maximum atomic E-state index is 12.9. The molecule has 0 aliphatic heterocycles. The molecule has 2 aromatic rings. The van der Waals surface area contributed by atoms with Crippen LogP contribution in [0.5, 0.6) is 0 Å². The van der Waals surface area contributed by atoms with Crippen molar-refractivity contribution in [2.24, 2.45) is 0 Å². The molecule has 1 amide bonds. The quantitative estimate of drug-likeness (QED) is 0.684. The number of amides is 1. The Morgan fingerprint density at radius 2 is 2.19 bits per heavy atom. The van der Waals surface area contributed by atoms with Gasteiger partial charge in [0.25, 0.3) is 5.91 Å². The van der Waals surface area contributed by atoms with Crippen molar-refractivity contribution in [3.05, 3.63) is 55.4 Å². The van der Waals surface area contributed by atoms with E-state index in [1.54, 1.807) is 23.1 Å². The van der Waals surface area contributed by atoms with Crippen LogP contribution in [-0.4, -0.2) is 18.2 Å². The molecule has 0 bridgehead atoms. The zero-order valence-corrected chi connectivity index (χ0v) is 14.8. The Hall–Kier alpha value is -0.560. The molecule has 2 nitrogen and oxygen atoms in total. The van der Waals surface area contributed by atoms with Gasteiger partial charge in [0.1, 0.15) is 5.82 Å². The predicted molar refractivity (Wildman–Crippen MR) is 91.9 cm³/mol. The fourth-order valence-corrected chi connectivity index (χ4v) is 4.31. The van der Waals surface area contributed by atoms with Gasteiger partial charge in [-0.25, -0.2) is 4.39 Å². The van der Waals surface area contributed by atoms with Crippen molar-refractivity contribution in [1.29, 1.82) is 0 Å². The van der Waals surface area contributed by atoms with Gasteiger partial charge in [0, 0.05) is 22.9 Å². The van der Waals surface area contributed by atoms with Gasteiger partial charge in [0.15, 0.2) is 0 Å². The lowest BCUT2D eigenvalue weighted by Crippen LogP contribution is -2.26. The van der Waals surface area contributed by atoms with Crippen molar-refractivity contribution < 1.29 is 9.18 Å². The summed E-state index contributed by atoms with van der Waals surface area (Å²) >= 11 is 12.7. The predicted octanol–water partition coefficient (Wildman–Crippen LogP) is 4.97. The number of hydrogen-bond donors (Lipinski definition) is 1. The minimum Gasteiger partial charge on any atom is -0.351 e. The van der Waals surface area contributed by atoms with Gasteiger partial charge in [-0.3, -0.25) is 4.79 Å². The largest absolute Gasteiger partial charge is 0.351 e. The first-order valence-corrected chi connectivity index (χ1v) is 9.25. The Labute approximate surface area is 144 Å². The van der Waals surface area contributed by atoms with E-state index in [4.69, 9.17) is 11.6 Å². The fourth-order valence-electron chi connectivity index (χ4n) is 1.61. The van der Waals surface area contributed by atoms with Crippen molar-refractivity contribution in [3.8, 4) is 0 Å². The summed E-state index contributed by atoms with van der Waals surface area (Å²) in [5, 5.41) is 2.91. The van der Waals surface area contributed by atoms with Crippen LogP contribution in [-0.2, 0) is 5.75 Å². The fraction of sp³-hybridized carbons (Fsp3) is 0.214. The molecule has 2 rings (SSSR count). The van der Waals surface area contributed by atoms with Crippen LogP contribution >= 0.6 is 50.6 Å². The third-order valence-corrected chi connectivity index (χ3v) is 5.71. The number of nitrogens with one attached hydrogen (secondary N) is 1. The molecule has 7 heteroatoms. The van der Waals surface area contributed by atoms with Crippen molar-refractivity contribution >= 4 is 56.5 Å². The summed E-state index contributed by atoms with van der Waals surface area (Å²) in [5.41, 5.74) is 0.297. The number of halogens is 3. The number of rotatable bonds is 6. The van der Waals surface area contributed by atoms with Crippen LogP contribution in [0.4, 0.5) is 4.39 Å². The molecular weight excluding hydrogens is 397 g/mol. The van der Waals surface area contributed by atoms with E-state index in [1.807, 2.05) is 6.07 Å². The number of benzene rings is 1. The Bertz CT molecular complexity index is 635. The smallest absolute Gasteiger partial charge is 0.252 e. The van der Waals surface area contributed by atoms with Crippen molar-refractivity contribution in [3.63, 3.8) is 0 Å². The summed E-state index contributed by atoms with van der Waals surface area (Å²) in [6.45, 7) is 0.545. The highest BCUT2D eigenvalue weighted by molar-refractivity contribution is 9.11. The van der Waals surface area contributed by atoms with Crippen molar-refractivity contribution in [1.82, 2.24) is 5.32 Å². The highest BCUT2D eigenvalue weighted by Crippen LogP contribution is 2.25. The molecule has 0 aliphatic rings. The van der Waals surface area contributed by atoms with Gasteiger partial charge in [-0.1, -0.05) is 11.6 Å². The van der Waals surface area contributed by atoms with Crippen molar-refractivity contribution in [2.75, 3.05) is 12.3 Å². The van der Waals surface area contributed by atoms with E-state index in [0.29, 0.717) is 12.1 Å². The molecular formula is C14H12BrClFNOS2. The maximum Gasteiger partial charge on any atom is 0.252 e. The third kappa shape index (κ3) is 5.29. The highest BCUT2D eigenvalue weighted by Gasteiger charge is 2.10. The number of thioether (sulfide) groups is 1. The Balaban J connectivity index is 1.72. The molecule has 1 N–H and O–H groups in total. The van der Waals surface area contributed by atoms with Crippen LogP contribution in [0.25, 0.3) is 0 Å². The summed E-state index contributed by atoms with van der Waals surface area (Å²) in [5.74, 6) is 0.998. The zero-order valence-electron chi connectivity index (χ0n) is 10.9. The van der Waals surface area contributed by atoms with E-state index in [9.17, 15) is 9.18 Å². The lowest BCUT2D eigenvalue weighted by atomic mass is 10.2. The van der Waals surface area contributed by atoms with E-state index < -0.39 is 5.82 Å². The molecule has 0 saturated carbocycles. The SMILES string of the molecule is O=C(NCCSCc1ccc(Br)s1)c1ccc(F)cc1Cl. The van der Waals surface area contributed by atoms with Crippen LogP contribution in [0.1, 0.15) is 15.2 Å². The van der Waals surface area contributed by atoms with Crippen LogP contribution in [0.3, 0.4) is 0 Å². The summed E-state index contributed by atoms with van der Waals surface area (Å²) in [4.78, 5) is 13.2. The second-order valence-electron chi connectivity index (χ2n) is 4.14. The molecule has 0 saturated heterocycles. The average molecular weight is 409 g/mol. The van der Waals surface area contributed by atoms with Gasteiger partial charge >= 0.3 is 0 Å². The van der Waals surface area contributed by atoms with Crippen LogP contribution in [0, 0.1) is 5.82 Å². The summed E-state index contributed by atoms with van der Waals surface area (Å²) < 4.78 is 14.0. The van der Waals surface area contributed by atoms with E-state index in [2.05, 4.69) is 27.3 Å². The normalized spacial score (nSPS) is 10.6. The van der Waals surface area contributed by atoms with E-state index in [0.717, 1.165) is 21.4 Å².